The maximum Gasteiger partial charge on any atom is 0.230 e. The summed E-state index contributed by atoms with van der Waals surface area (Å²) in [7, 11) is 0. The standard InChI is InChI=1S/C22H27N7O/c1-15-8-9-23-17(12-15)26-22(30)16-6-5-10-28(13-16)20-19-21(25-14-24-20)29-11-4-2-3-7-18(29)27-19/h8-9,12,14,16H,2-7,10-11,13H2,1H3,(H,23,26,30)/t16-/m1/s1. The summed E-state index contributed by atoms with van der Waals surface area (Å²) in [5.74, 6) is 2.49. The number of aromatic nitrogens is 5. The van der Waals surface area contributed by atoms with Crippen LogP contribution in [0.2, 0.25) is 0 Å². The van der Waals surface area contributed by atoms with Crippen LogP contribution in [0, 0.1) is 12.8 Å². The number of pyridine rings is 1. The van der Waals surface area contributed by atoms with Crippen molar-refractivity contribution in [2.75, 3.05) is 23.3 Å². The number of nitrogens with one attached hydrogen (secondary N) is 1. The second-order valence-electron chi connectivity index (χ2n) is 8.35. The monoisotopic (exact) mass is 405 g/mol. The molecule has 1 fully saturated rings. The lowest BCUT2D eigenvalue weighted by molar-refractivity contribution is -0.120. The van der Waals surface area contributed by atoms with Crippen molar-refractivity contribution in [1.82, 2.24) is 24.5 Å². The van der Waals surface area contributed by atoms with E-state index in [-0.39, 0.29) is 11.8 Å². The van der Waals surface area contributed by atoms with Crippen molar-refractivity contribution < 1.29 is 4.79 Å². The third-order valence-corrected chi connectivity index (χ3v) is 6.13. The number of imidazole rings is 1. The summed E-state index contributed by atoms with van der Waals surface area (Å²) in [6.45, 7) is 4.47. The fourth-order valence-electron chi connectivity index (χ4n) is 4.57. The number of rotatable bonds is 3. The summed E-state index contributed by atoms with van der Waals surface area (Å²) in [5.41, 5.74) is 2.87. The molecule has 0 bridgehead atoms. The molecule has 0 aliphatic carbocycles. The summed E-state index contributed by atoms with van der Waals surface area (Å²) < 4.78 is 2.26. The van der Waals surface area contributed by atoms with Gasteiger partial charge in [0.2, 0.25) is 5.91 Å². The Kier molecular flexibility index (Phi) is 5.06. The van der Waals surface area contributed by atoms with Crippen LogP contribution in [-0.4, -0.2) is 43.5 Å². The van der Waals surface area contributed by atoms with Gasteiger partial charge in [-0.3, -0.25) is 4.79 Å². The SMILES string of the molecule is Cc1ccnc(NC(=O)[C@@H]2CCCN(c3ncnc4c3nc3n4CCCCC3)C2)c1. The lowest BCUT2D eigenvalue weighted by atomic mass is 9.97. The van der Waals surface area contributed by atoms with Gasteiger partial charge in [0.1, 0.15) is 18.0 Å². The molecule has 0 unspecified atom stereocenters. The average molecular weight is 406 g/mol. The zero-order valence-electron chi connectivity index (χ0n) is 17.3. The van der Waals surface area contributed by atoms with Crippen LogP contribution in [0.25, 0.3) is 11.2 Å². The molecule has 3 aromatic heterocycles. The number of carbonyl (C=O) groups excluding carboxylic acids is 1. The second-order valence-corrected chi connectivity index (χ2v) is 8.35. The molecule has 1 saturated heterocycles. The fourth-order valence-corrected chi connectivity index (χ4v) is 4.57. The molecule has 0 radical (unpaired) electrons. The molecule has 1 amide bonds. The molecule has 0 aromatic carbocycles. The first kappa shape index (κ1) is 19.0. The van der Waals surface area contributed by atoms with E-state index < -0.39 is 0 Å². The van der Waals surface area contributed by atoms with Gasteiger partial charge in [-0.15, -0.1) is 0 Å². The smallest absolute Gasteiger partial charge is 0.230 e. The van der Waals surface area contributed by atoms with E-state index in [1.54, 1.807) is 12.5 Å². The first-order valence-electron chi connectivity index (χ1n) is 10.9. The molecule has 5 rings (SSSR count). The van der Waals surface area contributed by atoms with Crippen LogP contribution in [0.5, 0.6) is 0 Å². The van der Waals surface area contributed by atoms with Crippen LogP contribution in [0.3, 0.4) is 0 Å². The number of hydrogen-bond acceptors (Lipinski definition) is 6. The highest BCUT2D eigenvalue weighted by Crippen LogP contribution is 2.29. The predicted octanol–water partition coefficient (Wildman–Crippen LogP) is 3.11. The van der Waals surface area contributed by atoms with E-state index in [0.717, 1.165) is 67.1 Å². The molecular formula is C22H27N7O. The molecule has 2 aliphatic rings. The highest BCUT2D eigenvalue weighted by atomic mass is 16.2. The zero-order valence-corrected chi connectivity index (χ0v) is 17.3. The molecular weight excluding hydrogens is 378 g/mol. The van der Waals surface area contributed by atoms with E-state index in [1.165, 1.54) is 12.8 Å². The third-order valence-electron chi connectivity index (χ3n) is 6.13. The van der Waals surface area contributed by atoms with Crippen LogP contribution in [0.15, 0.2) is 24.7 Å². The summed E-state index contributed by atoms with van der Waals surface area (Å²) in [4.78, 5) is 33.4. The van der Waals surface area contributed by atoms with E-state index in [4.69, 9.17) is 4.98 Å². The highest BCUT2D eigenvalue weighted by Gasteiger charge is 2.29. The van der Waals surface area contributed by atoms with Gasteiger partial charge in [0.15, 0.2) is 17.0 Å². The number of nitrogens with zero attached hydrogens (tertiary/aromatic N) is 6. The number of aryl methyl sites for hydroxylation is 3. The topological polar surface area (TPSA) is 88.8 Å². The van der Waals surface area contributed by atoms with Crippen LogP contribution in [0.4, 0.5) is 11.6 Å². The van der Waals surface area contributed by atoms with Gasteiger partial charge in [-0.25, -0.2) is 19.9 Å². The number of amides is 1. The molecule has 1 atom stereocenters. The van der Waals surface area contributed by atoms with E-state index in [1.807, 2.05) is 19.1 Å². The minimum absolute atomic E-state index is 0.0173. The van der Waals surface area contributed by atoms with Gasteiger partial charge in [-0.05, 0) is 50.3 Å². The predicted molar refractivity (Wildman–Crippen MR) is 115 cm³/mol. The van der Waals surface area contributed by atoms with Crippen LogP contribution < -0.4 is 10.2 Å². The minimum atomic E-state index is -0.105. The van der Waals surface area contributed by atoms with Gasteiger partial charge in [-0.1, -0.05) is 6.42 Å². The molecule has 8 heteroatoms. The molecule has 156 valence electrons. The minimum Gasteiger partial charge on any atom is -0.354 e. The van der Waals surface area contributed by atoms with Crippen molar-refractivity contribution in [1.29, 1.82) is 0 Å². The van der Waals surface area contributed by atoms with Crippen LogP contribution in [0.1, 0.15) is 43.5 Å². The number of carbonyl (C=O) groups is 1. The van der Waals surface area contributed by atoms with Crippen molar-refractivity contribution in [3.05, 3.63) is 36.0 Å². The van der Waals surface area contributed by atoms with E-state index in [2.05, 4.69) is 29.7 Å². The molecule has 3 aromatic rings. The lowest BCUT2D eigenvalue weighted by Crippen LogP contribution is -2.41. The van der Waals surface area contributed by atoms with E-state index >= 15 is 0 Å². The molecule has 5 heterocycles. The van der Waals surface area contributed by atoms with Gasteiger partial charge in [0, 0.05) is 32.3 Å². The van der Waals surface area contributed by atoms with Crippen molar-refractivity contribution in [3.63, 3.8) is 0 Å². The maximum absolute atomic E-state index is 12.9. The van der Waals surface area contributed by atoms with Crippen LogP contribution >= 0.6 is 0 Å². The van der Waals surface area contributed by atoms with E-state index in [9.17, 15) is 4.79 Å². The van der Waals surface area contributed by atoms with Gasteiger partial charge in [0.25, 0.3) is 0 Å². The van der Waals surface area contributed by atoms with Crippen molar-refractivity contribution in [2.24, 2.45) is 5.92 Å². The summed E-state index contributed by atoms with van der Waals surface area (Å²) in [6, 6.07) is 3.81. The van der Waals surface area contributed by atoms with Gasteiger partial charge >= 0.3 is 0 Å². The molecule has 0 saturated carbocycles. The molecule has 8 nitrogen and oxygen atoms in total. The second kappa shape index (κ2) is 8.01. The Labute approximate surface area is 175 Å². The van der Waals surface area contributed by atoms with Crippen LogP contribution in [-0.2, 0) is 17.8 Å². The zero-order chi connectivity index (χ0) is 20.5. The average Bonchev–Trinajstić information content (AvgIpc) is 2.95. The van der Waals surface area contributed by atoms with Crippen molar-refractivity contribution >= 4 is 28.7 Å². The third kappa shape index (κ3) is 3.62. The Bertz CT molecular complexity index is 1080. The fraction of sp³-hybridized carbons (Fsp3) is 0.500. The summed E-state index contributed by atoms with van der Waals surface area (Å²) >= 11 is 0. The Morgan fingerprint density at radius 3 is 2.97 bits per heavy atom. The van der Waals surface area contributed by atoms with Gasteiger partial charge in [-0.2, -0.15) is 0 Å². The summed E-state index contributed by atoms with van der Waals surface area (Å²) in [6.07, 6.45) is 9.73. The molecule has 30 heavy (non-hydrogen) atoms. The van der Waals surface area contributed by atoms with Gasteiger partial charge < -0.3 is 14.8 Å². The highest BCUT2D eigenvalue weighted by molar-refractivity contribution is 5.92. The molecule has 0 spiro atoms. The largest absolute Gasteiger partial charge is 0.354 e. The Morgan fingerprint density at radius 1 is 1.13 bits per heavy atom. The Balaban J connectivity index is 1.38. The number of fused-ring (bicyclic) bond motifs is 3. The Hall–Kier alpha value is -3.03. The first-order chi connectivity index (χ1) is 14.7. The molecule has 1 N–H and O–H groups in total. The van der Waals surface area contributed by atoms with Crippen molar-refractivity contribution in [3.8, 4) is 0 Å². The number of piperidine rings is 1. The number of anilines is 2. The normalized spacial score (nSPS) is 19.4. The van der Waals surface area contributed by atoms with Gasteiger partial charge in [0.05, 0.1) is 5.92 Å². The quantitative estimate of drug-likeness (QED) is 0.720. The van der Waals surface area contributed by atoms with Crippen molar-refractivity contribution in [2.45, 2.75) is 52.0 Å². The lowest BCUT2D eigenvalue weighted by Gasteiger charge is -2.32. The maximum atomic E-state index is 12.9. The Morgan fingerprint density at radius 2 is 2.07 bits per heavy atom. The summed E-state index contributed by atoms with van der Waals surface area (Å²) in [5, 5.41) is 2.98. The first-order valence-corrected chi connectivity index (χ1v) is 10.9. The molecule has 2 aliphatic heterocycles. The van der Waals surface area contributed by atoms with E-state index in [0.29, 0.717) is 12.4 Å². The number of hydrogen-bond donors (Lipinski definition) is 1.